The number of phenols is 1. The third-order valence-corrected chi connectivity index (χ3v) is 2.40. The van der Waals surface area contributed by atoms with Gasteiger partial charge in [0.1, 0.15) is 5.75 Å². The van der Waals surface area contributed by atoms with Crippen molar-refractivity contribution < 1.29 is 15.0 Å². The molecule has 0 aliphatic heterocycles. The molecule has 4 nitrogen and oxygen atoms in total. The molecule has 0 fully saturated rings. The molecule has 88 valence electrons. The van der Waals surface area contributed by atoms with Gasteiger partial charge in [0.15, 0.2) is 0 Å². The Bertz CT molecular complexity index is 368. The molecule has 0 aliphatic carbocycles. The van der Waals surface area contributed by atoms with Crippen molar-refractivity contribution >= 4 is 17.5 Å². The van der Waals surface area contributed by atoms with Gasteiger partial charge >= 0.3 is 0 Å². The number of hydrogen-bond donors (Lipinski definition) is 3. The van der Waals surface area contributed by atoms with Crippen LogP contribution in [0, 0.1) is 0 Å². The minimum absolute atomic E-state index is 0.0558. The third kappa shape index (κ3) is 4.08. The molecular formula is C11H14ClNO3. The Kier molecular flexibility index (Phi) is 5.08. The van der Waals surface area contributed by atoms with Gasteiger partial charge in [-0.1, -0.05) is 17.7 Å². The highest BCUT2D eigenvalue weighted by atomic mass is 35.5. The second kappa shape index (κ2) is 6.35. The van der Waals surface area contributed by atoms with Gasteiger partial charge in [0.25, 0.3) is 0 Å². The minimum atomic E-state index is -0.152. The summed E-state index contributed by atoms with van der Waals surface area (Å²) in [5.74, 6) is -0.0736. The van der Waals surface area contributed by atoms with Crippen LogP contribution in [0.25, 0.3) is 0 Å². The summed E-state index contributed by atoms with van der Waals surface area (Å²) in [5.41, 5.74) is 0.668. The maximum atomic E-state index is 11.4. The van der Waals surface area contributed by atoms with E-state index in [9.17, 15) is 4.79 Å². The Morgan fingerprint density at radius 1 is 1.44 bits per heavy atom. The van der Waals surface area contributed by atoms with E-state index in [4.69, 9.17) is 21.8 Å². The van der Waals surface area contributed by atoms with Crippen LogP contribution < -0.4 is 5.32 Å². The first-order chi connectivity index (χ1) is 7.63. The lowest BCUT2D eigenvalue weighted by Crippen LogP contribution is -2.26. The first-order valence-electron chi connectivity index (χ1n) is 4.98. The van der Waals surface area contributed by atoms with Crippen LogP contribution in [-0.4, -0.2) is 29.3 Å². The number of halogens is 1. The van der Waals surface area contributed by atoms with Crippen LogP contribution in [0.5, 0.6) is 5.75 Å². The standard InChI is InChI=1S/C11H14ClNO3/c12-10-7-9(15)3-2-8(10)6-11(16)13-4-1-5-14/h2-3,7,14-15H,1,4-6H2,(H,13,16). The first kappa shape index (κ1) is 12.8. The van der Waals surface area contributed by atoms with Crippen LogP contribution in [0.3, 0.4) is 0 Å². The molecule has 0 spiro atoms. The largest absolute Gasteiger partial charge is 0.508 e. The second-order valence-corrected chi connectivity index (χ2v) is 3.79. The number of phenolic OH excluding ortho intramolecular Hbond substituents is 1. The summed E-state index contributed by atoms with van der Waals surface area (Å²) in [7, 11) is 0. The molecule has 1 rings (SSSR count). The first-order valence-corrected chi connectivity index (χ1v) is 5.36. The van der Waals surface area contributed by atoms with E-state index in [1.807, 2.05) is 0 Å². The van der Waals surface area contributed by atoms with Gasteiger partial charge in [-0.15, -0.1) is 0 Å². The SMILES string of the molecule is O=C(Cc1ccc(O)cc1Cl)NCCCO. The van der Waals surface area contributed by atoms with Crippen LogP contribution in [0.15, 0.2) is 18.2 Å². The van der Waals surface area contributed by atoms with E-state index in [2.05, 4.69) is 5.32 Å². The lowest BCUT2D eigenvalue weighted by Gasteiger charge is -2.06. The average molecular weight is 244 g/mol. The Morgan fingerprint density at radius 2 is 2.19 bits per heavy atom. The summed E-state index contributed by atoms with van der Waals surface area (Å²) in [6, 6.07) is 4.50. The predicted octanol–water partition coefficient (Wildman–Crippen LogP) is 1.09. The highest BCUT2D eigenvalue weighted by Gasteiger charge is 2.06. The number of benzene rings is 1. The molecule has 0 aliphatic rings. The van der Waals surface area contributed by atoms with Crippen molar-refractivity contribution in [3.05, 3.63) is 28.8 Å². The van der Waals surface area contributed by atoms with E-state index < -0.39 is 0 Å². The molecule has 1 amide bonds. The molecule has 0 atom stereocenters. The summed E-state index contributed by atoms with van der Waals surface area (Å²) in [5, 5.41) is 20.7. The van der Waals surface area contributed by atoms with E-state index >= 15 is 0 Å². The summed E-state index contributed by atoms with van der Waals surface area (Å²) >= 11 is 5.85. The van der Waals surface area contributed by atoms with E-state index in [1.54, 1.807) is 6.07 Å². The topological polar surface area (TPSA) is 69.6 Å². The molecule has 0 saturated carbocycles. The lowest BCUT2D eigenvalue weighted by molar-refractivity contribution is -0.120. The molecule has 16 heavy (non-hydrogen) atoms. The summed E-state index contributed by atoms with van der Waals surface area (Å²) in [6.45, 7) is 0.505. The van der Waals surface area contributed by atoms with E-state index in [0.717, 1.165) is 0 Å². The molecule has 1 aromatic rings. The second-order valence-electron chi connectivity index (χ2n) is 3.38. The maximum Gasteiger partial charge on any atom is 0.224 e. The Morgan fingerprint density at radius 3 is 2.81 bits per heavy atom. The van der Waals surface area contributed by atoms with E-state index in [1.165, 1.54) is 12.1 Å². The number of carbonyl (C=O) groups is 1. The van der Waals surface area contributed by atoms with Gasteiger partial charge in [0.2, 0.25) is 5.91 Å². The number of hydrogen-bond acceptors (Lipinski definition) is 3. The van der Waals surface area contributed by atoms with Crippen LogP contribution in [0.1, 0.15) is 12.0 Å². The summed E-state index contributed by atoms with van der Waals surface area (Å²) in [6.07, 6.45) is 0.708. The van der Waals surface area contributed by atoms with Gasteiger partial charge in [-0.25, -0.2) is 0 Å². The van der Waals surface area contributed by atoms with Crippen LogP contribution in [0.4, 0.5) is 0 Å². The zero-order valence-corrected chi connectivity index (χ0v) is 9.50. The molecule has 0 saturated heterocycles. The van der Waals surface area contributed by atoms with Gasteiger partial charge in [0, 0.05) is 18.2 Å². The molecule has 1 aromatic carbocycles. The third-order valence-electron chi connectivity index (χ3n) is 2.04. The van der Waals surface area contributed by atoms with Crippen LogP contribution >= 0.6 is 11.6 Å². The fourth-order valence-electron chi connectivity index (χ4n) is 1.22. The molecule has 0 heterocycles. The molecule has 0 bridgehead atoms. The lowest BCUT2D eigenvalue weighted by atomic mass is 10.1. The van der Waals surface area contributed by atoms with Gasteiger partial charge in [-0.2, -0.15) is 0 Å². The molecule has 5 heteroatoms. The van der Waals surface area contributed by atoms with Crippen molar-refractivity contribution in [2.75, 3.05) is 13.2 Å². The Hall–Kier alpha value is -1.26. The number of carbonyl (C=O) groups excluding carboxylic acids is 1. The fourth-order valence-corrected chi connectivity index (χ4v) is 1.46. The number of rotatable bonds is 5. The van der Waals surface area contributed by atoms with E-state index in [0.29, 0.717) is 23.6 Å². The Labute approximate surface area is 98.9 Å². The predicted molar refractivity (Wildman–Crippen MR) is 61.5 cm³/mol. The van der Waals surface area contributed by atoms with Crippen molar-refractivity contribution in [3.63, 3.8) is 0 Å². The molecule has 3 N–H and O–H groups in total. The molecule has 0 radical (unpaired) electrons. The number of aromatic hydroxyl groups is 1. The zero-order valence-electron chi connectivity index (χ0n) is 8.74. The van der Waals surface area contributed by atoms with E-state index in [-0.39, 0.29) is 24.7 Å². The smallest absolute Gasteiger partial charge is 0.224 e. The van der Waals surface area contributed by atoms with Gasteiger partial charge < -0.3 is 15.5 Å². The normalized spacial score (nSPS) is 10.1. The monoisotopic (exact) mass is 243 g/mol. The maximum absolute atomic E-state index is 11.4. The quantitative estimate of drug-likeness (QED) is 0.678. The summed E-state index contributed by atoms with van der Waals surface area (Å²) < 4.78 is 0. The summed E-state index contributed by atoms with van der Waals surface area (Å²) in [4.78, 5) is 11.4. The van der Waals surface area contributed by atoms with Crippen molar-refractivity contribution in [2.24, 2.45) is 0 Å². The molecular weight excluding hydrogens is 230 g/mol. The highest BCUT2D eigenvalue weighted by molar-refractivity contribution is 6.31. The van der Waals surface area contributed by atoms with Gasteiger partial charge in [-0.3, -0.25) is 4.79 Å². The number of aliphatic hydroxyl groups is 1. The number of nitrogens with one attached hydrogen (secondary N) is 1. The van der Waals surface area contributed by atoms with Gasteiger partial charge in [0.05, 0.1) is 6.42 Å². The highest BCUT2D eigenvalue weighted by Crippen LogP contribution is 2.21. The zero-order chi connectivity index (χ0) is 12.0. The molecule has 0 unspecified atom stereocenters. The van der Waals surface area contributed by atoms with Crippen molar-refractivity contribution in [1.29, 1.82) is 0 Å². The van der Waals surface area contributed by atoms with Crippen molar-refractivity contribution in [2.45, 2.75) is 12.8 Å². The van der Waals surface area contributed by atoms with Crippen molar-refractivity contribution in [1.82, 2.24) is 5.32 Å². The van der Waals surface area contributed by atoms with Crippen molar-refractivity contribution in [3.8, 4) is 5.75 Å². The fraction of sp³-hybridized carbons (Fsp3) is 0.364. The van der Waals surface area contributed by atoms with Crippen LogP contribution in [-0.2, 0) is 11.2 Å². The molecule has 0 aromatic heterocycles. The minimum Gasteiger partial charge on any atom is -0.508 e. The van der Waals surface area contributed by atoms with Gasteiger partial charge in [-0.05, 0) is 24.1 Å². The Balaban J connectivity index is 2.49. The average Bonchev–Trinajstić information content (AvgIpc) is 2.23. The number of amides is 1. The number of aliphatic hydroxyl groups excluding tert-OH is 1. The van der Waals surface area contributed by atoms with Crippen LogP contribution in [0.2, 0.25) is 5.02 Å².